The lowest BCUT2D eigenvalue weighted by molar-refractivity contribution is -0.147. The largest absolute Gasteiger partial charge is 0.464 e. The van der Waals surface area contributed by atoms with Crippen LogP contribution in [-0.4, -0.2) is 78.3 Å². The van der Waals surface area contributed by atoms with Crippen LogP contribution in [0.15, 0.2) is 30.3 Å². The van der Waals surface area contributed by atoms with E-state index >= 15 is 0 Å². The Morgan fingerprint density at radius 3 is 1.69 bits per heavy atom. The van der Waals surface area contributed by atoms with Crippen molar-refractivity contribution in [2.24, 2.45) is 5.41 Å². The fourth-order valence-corrected chi connectivity index (χ4v) is 5.51. The van der Waals surface area contributed by atoms with Gasteiger partial charge in [-0.3, -0.25) is 9.59 Å². The molecule has 1 aromatic carbocycles. The Bertz CT molecular complexity index is 1040. The van der Waals surface area contributed by atoms with Crippen molar-refractivity contribution in [3.05, 3.63) is 35.9 Å². The first-order chi connectivity index (χ1) is 19.6. The van der Waals surface area contributed by atoms with Gasteiger partial charge >= 0.3 is 18.0 Å². The van der Waals surface area contributed by atoms with Crippen molar-refractivity contribution >= 4 is 51.4 Å². The van der Waals surface area contributed by atoms with Crippen LogP contribution in [0.2, 0.25) is 0 Å². The number of nitrogens with one attached hydrogen (secondary N) is 3. The lowest BCUT2D eigenvalue weighted by Crippen LogP contribution is -2.54. The van der Waals surface area contributed by atoms with Gasteiger partial charge in [-0.1, -0.05) is 72.7 Å². The first kappa shape index (κ1) is 37.1. The SMILES string of the molecule is CCOC(=O)[C@@H](CSSC[C@@H](NC(=O)C(C)(C)C)C(=O)OCC)NC(=O)[C@@H](Cc1ccccc1)NC(=O)OC(C)(C)C. The molecule has 0 spiro atoms. The van der Waals surface area contributed by atoms with Crippen LogP contribution in [0.4, 0.5) is 4.79 Å². The fraction of sp³-hybridized carbons (Fsp3) is 0.621. The molecule has 0 heterocycles. The van der Waals surface area contributed by atoms with Gasteiger partial charge < -0.3 is 30.2 Å². The van der Waals surface area contributed by atoms with Crippen LogP contribution in [0.3, 0.4) is 0 Å². The number of hydrogen-bond donors (Lipinski definition) is 3. The second-order valence-corrected chi connectivity index (χ2v) is 13.9. The molecule has 1 aromatic rings. The normalized spacial score (nSPS) is 13.6. The van der Waals surface area contributed by atoms with Crippen molar-refractivity contribution in [2.45, 2.75) is 85.5 Å². The van der Waals surface area contributed by atoms with E-state index in [1.54, 1.807) is 55.4 Å². The van der Waals surface area contributed by atoms with Crippen LogP contribution in [-0.2, 0) is 39.8 Å². The minimum Gasteiger partial charge on any atom is -0.464 e. The molecular formula is C29H45N3O8S2. The topological polar surface area (TPSA) is 149 Å². The lowest BCUT2D eigenvalue weighted by atomic mass is 9.95. The van der Waals surface area contributed by atoms with Gasteiger partial charge in [0.25, 0.3) is 0 Å². The molecule has 11 nitrogen and oxygen atoms in total. The number of esters is 2. The third-order valence-electron chi connectivity index (χ3n) is 5.29. The van der Waals surface area contributed by atoms with E-state index in [-0.39, 0.29) is 37.0 Å². The van der Waals surface area contributed by atoms with Crippen molar-refractivity contribution in [3.8, 4) is 0 Å². The van der Waals surface area contributed by atoms with E-state index in [1.165, 1.54) is 21.6 Å². The molecule has 3 N–H and O–H groups in total. The van der Waals surface area contributed by atoms with E-state index in [9.17, 15) is 24.0 Å². The van der Waals surface area contributed by atoms with Gasteiger partial charge in [0, 0.05) is 23.3 Å². The van der Waals surface area contributed by atoms with E-state index in [1.807, 2.05) is 30.3 Å². The summed E-state index contributed by atoms with van der Waals surface area (Å²) in [6.45, 7) is 14.0. The number of carbonyl (C=O) groups excluding carboxylic acids is 5. The Kier molecular flexibility index (Phi) is 15.8. The highest BCUT2D eigenvalue weighted by molar-refractivity contribution is 8.76. The molecule has 1 rings (SSSR count). The van der Waals surface area contributed by atoms with E-state index in [4.69, 9.17) is 14.2 Å². The van der Waals surface area contributed by atoms with Crippen LogP contribution in [0.1, 0.15) is 61.0 Å². The monoisotopic (exact) mass is 627 g/mol. The van der Waals surface area contributed by atoms with Crippen LogP contribution in [0.5, 0.6) is 0 Å². The highest BCUT2D eigenvalue weighted by atomic mass is 33.1. The van der Waals surface area contributed by atoms with Crippen LogP contribution >= 0.6 is 21.6 Å². The number of amides is 3. The minimum atomic E-state index is -1.04. The van der Waals surface area contributed by atoms with Crippen molar-refractivity contribution in [1.29, 1.82) is 0 Å². The summed E-state index contributed by atoms with van der Waals surface area (Å²) < 4.78 is 15.6. The van der Waals surface area contributed by atoms with E-state index < -0.39 is 53.1 Å². The predicted octanol–water partition coefficient (Wildman–Crippen LogP) is 3.65. The molecule has 0 aromatic heterocycles. The second kappa shape index (κ2) is 17.9. The maximum absolute atomic E-state index is 13.4. The summed E-state index contributed by atoms with van der Waals surface area (Å²) in [6, 6.07) is 6.16. The maximum Gasteiger partial charge on any atom is 0.408 e. The molecule has 0 aliphatic heterocycles. The van der Waals surface area contributed by atoms with Gasteiger partial charge in [0.15, 0.2) is 0 Å². The molecule has 0 fully saturated rings. The maximum atomic E-state index is 13.4. The molecule has 0 aliphatic carbocycles. The summed E-state index contributed by atoms with van der Waals surface area (Å²) in [5, 5.41) is 8.02. The Labute approximate surface area is 256 Å². The summed E-state index contributed by atoms with van der Waals surface area (Å²) >= 11 is 0. The zero-order chi connectivity index (χ0) is 31.9. The Morgan fingerprint density at radius 1 is 0.738 bits per heavy atom. The van der Waals surface area contributed by atoms with Crippen LogP contribution < -0.4 is 16.0 Å². The van der Waals surface area contributed by atoms with Gasteiger partial charge in [0.2, 0.25) is 11.8 Å². The van der Waals surface area contributed by atoms with E-state index in [0.29, 0.717) is 0 Å². The molecular weight excluding hydrogens is 582 g/mol. The number of ether oxygens (including phenoxy) is 3. The highest BCUT2D eigenvalue weighted by Gasteiger charge is 2.31. The van der Waals surface area contributed by atoms with Crippen molar-refractivity contribution in [2.75, 3.05) is 24.7 Å². The third-order valence-corrected chi connectivity index (χ3v) is 7.71. The molecule has 3 atom stereocenters. The van der Waals surface area contributed by atoms with Gasteiger partial charge in [-0.2, -0.15) is 0 Å². The Morgan fingerprint density at radius 2 is 1.24 bits per heavy atom. The average molecular weight is 628 g/mol. The predicted molar refractivity (Wildman–Crippen MR) is 165 cm³/mol. The standard InChI is InChI=1S/C29H45N3O8S2/c1-9-38-24(34)21(17-41-42-18-22(25(35)39-10-2)31-26(36)28(3,4)5)30-23(33)20(16-19-14-12-11-13-15-19)32-27(37)40-29(6,7)8/h11-15,20-22H,9-10,16-18H2,1-8H3,(H,30,33)(H,31,36)(H,32,37)/t20-,21-,22-/m1/s1. The zero-order valence-corrected chi connectivity index (χ0v) is 27.4. The smallest absolute Gasteiger partial charge is 0.408 e. The van der Waals surface area contributed by atoms with E-state index in [0.717, 1.165) is 5.56 Å². The van der Waals surface area contributed by atoms with Gasteiger partial charge in [-0.25, -0.2) is 14.4 Å². The summed E-state index contributed by atoms with van der Waals surface area (Å²) in [5.74, 6) is -1.82. The van der Waals surface area contributed by atoms with Gasteiger partial charge in [0.05, 0.1) is 13.2 Å². The van der Waals surface area contributed by atoms with E-state index in [2.05, 4.69) is 16.0 Å². The molecule has 0 bridgehead atoms. The molecule has 0 saturated heterocycles. The van der Waals surface area contributed by atoms with Gasteiger partial charge in [-0.15, -0.1) is 0 Å². The first-order valence-electron chi connectivity index (χ1n) is 13.8. The van der Waals surface area contributed by atoms with Crippen molar-refractivity contribution in [3.63, 3.8) is 0 Å². The fourth-order valence-electron chi connectivity index (χ4n) is 3.21. The number of carbonyl (C=O) groups is 5. The average Bonchev–Trinajstić information content (AvgIpc) is 2.88. The summed E-state index contributed by atoms with van der Waals surface area (Å²) in [6.07, 6.45) is -0.601. The first-order valence-corrected chi connectivity index (χ1v) is 16.3. The molecule has 236 valence electrons. The quantitative estimate of drug-likeness (QED) is 0.114. The minimum absolute atomic E-state index is 0.0997. The number of benzene rings is 1. The summed E-state index contributed by atoms with van der Waals surface area (Å²) in [4.78, 5) is 63.5. The molecule has 13 heteroatoms. The third kappa shape index (κ3) is 14.8. The van der Waals surface area contributed by atoms with Gasteiger partial charge in [-0.05, 0) is 40.2 Å². The second-order valence-electron chi connectivity index (χ2n) is 11.3. The molecule has 3 amide bonds. The zero-order valence-electron chi connectivity index (χ0n) is 25.7. The lowest BCUT2D eigenvalue weighted by Gasteiger charge is -2.25. The Balaban J connectivity index is 2.97. The molecule has 0 aliphatic rings. The highest BCUT2D eigenvalue weighted by Crippen LogP contribution is 2.24. The number of alkyl carbamates (subject to hydrolysis) is 1. The van der Waals surface area contributed by atoms with Gasteiger partial charge in [0.1, 0.15) is 23.7 Å². The summed E-state index contributed by atoms with van der Waals surface area (Å²) in [5.41, 5.74) is -0.674. The summed E-state index contributed by atoms with van der Waals surface area (Å²) in [7, 11) is 2.46. The molecule has 0 saturated carbocycles. The van der Waals surface area contributed by atoms with Crippen molar-refractivity contribution < 1.29 is 38.2 Å². The molecule has 42 heavy (non-hydrogen) atoms. The molecule has 0 radical (unpaired) electrons. The van der Waals surface area contributed by atoms with Crippen LogP contribution in [0, 0.1) is 5.41 Å². The van der Waals surface area contributed by atoms with Crippen molar-refractivity contribution in [1.82, 2.24) is 16.0 Å². The number of hydrogen-bond acceptors (Lipinski definition) is 10. The number of rotatable bonds is 15. The Hall–Kier alpha value is -2.93. The van der Waals surface area contributed by atoms with Crippen LogP contribution in [0.25, 0.3) is 0 Å². The molecule has 0 unspecified atom stereocenters.